The van der Waals surface area contributed by atoms with Crippen molar-refractivity contribution in [2.45, 2.75) is 26.2 Å². The number of hydrogen-bond acceptors (Lipinski definition) is 2. The van der Waals surface area contributed by atoms with Crippen LogP contribution in [0.5, 0.6) is 5.75 Å². The van der Waals surface area contributed by atoms with Crippen molar-refractivity contribution in [2.75, 3.05) is 6.54 Å². The van der Waals surface area contributed by atoms with E-state index in [0.29, 0.717) is 12.3 Å². The fourth-order valence-electron chi connectivity index (χ4n) is 1.56. The van der Waals surface area contributed by atoms with Crippen molar-refractivity contribution >= 4 is 15.9 Å². The molecule has 1 aromatic carbocycles. The number of aromatic hydroxyl groups is 1. The molecule has 0 aliphatic heterocycles. The summed E-state index contributed by atoms with van der Waals surface area (Å²) in [5, 5.41) is 9.90. The minimum atomic E-state index is 0.286. The van der Waals surface area contributed by atoms with Crippen LogP contribution in [-0.2, 0) is 0 Å². The lowest BCUT2D eigenvalue weighted by molar-refractivity contribution is 0.456. The van der Waals surface area contributed by atoms with Crippen molar-refractivity contribution < 1.29 is 5.11 Å². The zero-order valence-corrected chi connectivity index (χ0v) is 10.1. The van der Waals surface area contributed by atoms with Crippen LogP contribution in [0, 0.1) is 6.92 Å². The molecule has 1 atom stereocenters. The van der Waals surface area contributed by atoms with Crippen LogP contribution in [-0.4, -0.2) is 11.7 Å². The average Bonchev–Trinajstić information content (AvgIpc) is 2.13. The molecule has 3 heteroatoms. The van der Waals surface area contributed by atoms with Gasteiger partial charge in [0.25, 0.3) is 0 Å². The minimum absolute atomic E-state index is 0.286. The molecule has 0 aliphatic carbocycles. The third-order valence-corrected chi connectivity index (χ3v) is 3.15. The summed E-state index contributed by atoms with van der Waals surface area (Å²) in [7, 11) is 0. The van der Waals surface area contributed by atoms with Crippen molar-refractivity contribution in [1.29, 1.82) is 0 Å². The van der Waals surface area contributed by atoms with E-state index in [0.717, 1.165) is 22.0 Å². The van der Waals surface area contributed by atoms with E-state index in [1.54, 1.807) is 0 Å². The fourth-order valence-corrected chi connectivity index (χ4v) is 2.27. The molecule has 0 aliphatic rings. The quantitative estimate of drug-likeness (QED) is 0.875. The van der Waals surface area contributed by atoms with Gasteiger partial charge in [-0.1, -0.05) is 28.9 Å². The second-order valence-corrected chi connectivity index (χ2v) is 4.46. The van der Waals surface area contributed by atoms with E-state index in [-0.39, 0.29) is 5.92 Å². The molecule has 0 spiro atoms. The van der Waals surface area contributed by atoms with Gasteiger partial charge in [0.05, 0.1) is 0 Å². The Kier molecular flexibility index (Phi) is 3.96. The van der Waals surface area contributed by atoms with Gasteiger partial charge < -0.3 is 10.8 Å². The summed E-state index contributed by atoms with van der Waals surface area (Å²) >= 11 is 3.45. The lowest BCUT2D eigenvalue weighted by atomic mass is 9.95. The maximum atomic E-state index is 9.90. The van der Waals surface area contributed by atoms with Gasteiger partial charge in [-0.05, 0) is 37.4 Å². The molecule has 0 heterocycles. The van der Waals surface area contributed by atoms with Gasteiger partial charge in [-0.25, -0.2) is 0 Å². The van der Waals surface area contributed by atoms with Crippen LogP contribution in [0.3, 0.4) is 0 Å². The minimum Gasteiger partial charge on any atom is -0.507 e. The van der Waals surface area contributed by atoms with Crippen LogP contribution in [0.15, 0.2) is 16.6 Å². The molecule has 0 bridgehead atoms. The highest BCUT2D eigenvalue weighted by molar-refractivity contribution is 9.10. The number of rotatable bonds is 3. The molecule has 0 radical (unpaired) electrons. The lowest BCUT2D eigenvalue weighted by Crippen LogP contribution is -2.05. The van der Waals surface area contributed by atoms with Gasteiger partial charge >= 0.3 is 0 Å². The van der Waals surface area contributed by atoms with Crippen LogP contribution >= 0.6 is 15.9 Å². The second-order valence-electron chi connectivity index (χ2n) is 3.60. The third-order valence-electron chi connectivity index (χ3n) is 2.46. The SMILES string of the molecule is Cc1ccc(Br)c(C(C)CCN)c1O. The van der Waals surface area contributed by atoms with Gasteiger partial charge in [-0.15, -0.1) is 0 Å². The van der Waals surface area contributed by atoms with E-state index >= 15 is 0 Å². The Morgan fingerprint density at radius 3 is 2.71 bits per heavy atom. The molecule has 0 saturated carbocycles. The molecule has 14 heavy (non-hydrogen) atoms. The predicted octanol–water partition coefficient (Wildman–Crippen LogP) is 2.92. The van der Waals surface area contributed by atoms with Crippen LogP contribution < -0.4 is 5.73 Å². The summed E-state index contributed by atoms with van der Waals surface area (Å²) in [4.78, 5) is 0. The van der Waals surface area contributed by atoms with E-state index in [9.17, 15) is 5.11 Å². The fraction of sp³-hybridized carbons (Fsp3) is 0.455. The molecule has 0 amide bonds. The van der Waals surface area contributed by atoms with Crippen molar-refractivity contribution in [2.24, 2.45) is 5.73 Å². The Labute approximate surface area is 93.3 Å². The number of phenolic OH excluding ortho intramolecular Hbond substituents is 1. The first kappa shape index (κ1) is 11.5. The van der Waals surface area contributed by atoms with Crippen LogP contribution in [0.25, 0.3) is 0 Å². The number of phenols is 1. The summed E-state index contributed by atoms with van der Waals surface area (Å²) in [6.07, 6.45) is 0.885. The van der Waals surface area contributed by atoms with E-state index in [2.05, 4.69) is 22.9 Å². The Bertz CT molecular complexity index is 325. The van der Waals surface area contributed by atoms with Crippen molar-refractivity contribution in [3.8, 4) is 5.75 Å². The summed E-state index contributed by atoms with van der Waals surface area (Å²) in [5.74, 6) is 0.676. The van der Waals surface area contributed by atoms with Crippen LogP contribution in [0.2, 0.25) is 0 Å². The Hall–Kier alpha value is -0.540. The Morgan fingerprint density at radius 2 is 2.14 bits per heavy atom. The highest BCUT2D eigenvalue weighted by Gasteiger charge is 2.14. The summed E-state index contributed by atoms with van der Waals surface area (Å²) in [5.41, 5.74) is 7.39. The van der Waals surface area contributed by atoms with Crippen LogP contribution in [0.4, 0.5) is 0 Å². The number of aryl methyl sites for hydroxylation is 1. The summed E-state index contributed by atoms with van der Waals surface area (Å²) < 4.78 is 0.960. The molecular formula is C11H16BrNO. The molecule has 0 aromatic heterocycles. The van der Waals surface area contributed by atoms with Crippen molar-refractivity contribution in [3.05, 3.63) is 27.7 Å². The van der Waals surface area contributed by atoms with E-state index in [4.69, 9.17) is 5.73 Å². The zero-order valence-electron chi connectivity index (χ0n) is 8.55. The van der Waals surface area contributed by atoms with Gasteiger partial charge in [0, 0.05) is 10.0 Å². The first-order valence-electron chi connectivity index (χ1n) is 4.76. The smallest absolute Gasteiger partial charge is 0.123 e. The summed E-state index contributed by atoms with van der Waals surface area (Å²) in [6.45, 7) is 4.62. The molecule has 78 valence electrons. The highest BCUT2D eigenvalue weighted by atomic mass is 79.9. The first-order valence-corrected chi connectivity index (χ1v) is 5.55. The Morgan fingerprint density at radius 1 is 1.50 bits per heavy atom. The number of hydrogen-bond donors (Lipinski definition) is 2. The molecule has 0 saturated heterocycles. The second kappa shape index (κ2) is 4.80. The van der Waals surface area contributed by atoms with Gasteiger partial charge in [0.2, 0.25) is 0 Å². The molecule has 3 N–H and O–H groups in total. The Balaban J connectivity index is 3.11. The third kappa shape index (κ3) is 2.28. The molecular weight excluding hydrogens is 242 g/mol. The molecule has 1 rings (SSSR count). The van der Waals surface area contributed by atoms with Crippen molar-refractivity contribution in [3.63, 3.8) is 0 Å². The normalized spacial score (nSPS) is 12.9. The maximum absolute atomic E-state index is 9.90. The lowest BCUT2D eigenvalue weighted by Gasteiger charge is -2.15. The highest BCUT2D eigenvalue weighted by Crippen LogP contribution is 2.36. The van der Waals surface area contributed by atoms with E-state index < -0.39 is 0 Å². The summed E-state index contributed by atoms with van der Waals surface area (Å²) in [6, 6.07) is 3.87. The monoisotopic (exact) mass is 257 g/mol. The number of benzene rings is 1. The maximum Gasteiger partial charge on any atom is 0.123 e. The van der Waals surface area contributed by atoms with Gasteiger partial charge in [-0.3, -0.25) is 0 Å². The molecule has 1 unspecified atom stereocenters. The number of halogens is 1. The van der Waals surface area contributed by atoms with E-state index in [1.165, 1.54) is 0 Å². The predicted molar refractivity (Wildman–Crippen MR) is 62.6 cm³/mol. The molecule has 0 fully saturated rings. The van der Waals surface area contributed by atoms with Gasteiger partial charge in [0.15, 0.2) is 0 Å². The van der Waals surface area contributed by atoms with Gasteiger partial charge in [0.1, 0.15) is 5.75 Å². The standard InChI is InChI=1S/C11H16BrNO/c1-7(5-6-13)10-9(12)4-3-8(2)11(10)14/h3-4,7,14H,5-6,13H2,1-2H3. The largest absolute Gasteiger partial charge is 0.507 e. The zero-order chi connectivity index (χ0) is 10.7. The average molecular weight is 258 g/mol. The van der Waals surface area contributed by atoms with E-state index in [1.807, 2.05) is 19.1 Å². The van der Waals surface area contributed by atoms with Crippen molar-refractivity contribution in [1.82, 2.24) is 0 Å². The molecule has 1 aromatic rings. The van der Waals surface area contributed by atoms with Crippen LogP contribution in [0.1, 0.15) is 30.4 Å². The first-order chi connectivity index (χ1) is 6.57. The number of nitrogens with two attached hydrogens (primary N) is 1. The molecule has 2 nitrogen and oxygen atoms in total. The van der Waals surface area contributed by atoms with Gasteiger partial charge in [-0.2, -0.15) is 0 Å². The topological polar surface area (TPSA) is 46.2 Å².